The van der Waals surface area contributed by atoms with Crippen molar-refractivity contribution in [2.24, 2.45) is 11.7 Å². The second-order valence-corrected chi connectivity index (χ2v) is 6.77. The van der Waals surface area contributed by atoms with Gasteiger partial charge in [-0.15, -0.1) is 11.3 Å². The molecule has 4 heteroatoms. The number of thiophene rings is 1. The van der Waals surface area contributed by atoms with Gasteiger partial charge >= 0.3 is 0 Å². The summed E-state index contributed by atoms with van der Waals surface area (Å²) in [5.41, 5.74) is 6.01. The van der Waals surface area contributed by atoms with Crippen LogP contribution in [0.15, 0.2) is 17.5 Å². The quantitative estimate of drug-likeness (QED) is 0.921. The number of rotatable bonds is 4. The molecule has 2 atom stereocenters. The third kappa shape index (κ3) is 3.37. The van der Waals surface area contributed by atoms with Crippen LogP contribution in [0.5, 0.6) is 0 Å². The molecular weight excluding hydrogens is 256 g/mol. The highest BCUT2D eigenvalue weighted by Gasteiger charge is 2.39. The van der Waals surface area contributed by atoms with E-state index < -0.39 is 0 Å². The molecule has 2 unspecified atom stereocenters. The summed E-state index contributed by atoms with van der Waals surface area (Å²) >= 11 is 1.71. The van der Waals surface area contributed by atoms with Gasteiger partial charge < -0.3 is 10.6 Å². The Bertz CT molecular complexity index is 414. The molecule has 0 bridgehead atoms. The molecule has 0 aliphatic heterocycles. The molecule has 0 spiro atoms. The van der Waals surface area contributed by atoms with Crippen LogP contribution >= 0.6 is 11.3 Å². The molecule has 1 aromatic rings. The summed E-state index contributed by atoms with van der Waals surface area (Å²) in [6.45, 7) is 5.55. The number of hydrogen-bond acceptors (Lipinski definition) is 3. The predicted octanol–water partition coefficient (Wildman–Crippen LogP) is 3.00. The molecule has 0 saturated heterocycles. The molecule has 1 heterocycles. The smallest absolute Gasteiger partial charge is 0.227 e. The molecule has 0 aromatic carbocycles. The summed E-state index contributed by atoms with van der Waals surface area (Å²) in [4.78, 5) is 15.9. The van der Waals surface area contributed by atoms with E-state index >= 15 is 0 Å². The fraction of sp³-hybridized carbons (Fsp3) is 0.667. The van der Waals surface area contributed by atoms with Gasteiger partial charge in [-0.3, -0.25) is 4.79 Å². The van der Waals surface area contributed by atoms with E-state index in [1.807, 2.05) is 24.8 Å². The van der Waals surface area contributed by atoms with Crippen LogP contribution in [-0.2, 0) is 11.3 Å². The maximum atomic E-state index is 12.7. The standard InChI is InChI=1S/C15H24N2OS/c1-3-17(11-12-7-6-10-19-12)14(18)13-8-4-5-9-15(13,2)16/h6-7,10,13H,3-5,8-9,11,16H2,1-2H3. The second kappa shape index (κ2) is 6.06. The predicted molar refractivity (Wildman–Crippen MR) is 80.0 cm³/mol. The van der Waals surface area contributed by atoms with Crippen molar-refractivity contribution in [1.29, 1.82) is 0 Å². The van der Waals surface area contributed by atoms with Gasteiger partial charge in [0.1, 0.15) is 0 Å². The van der Waals surface area contributed by atoms with Crippen LogP contribution in [0.1, 0.15) is 44.4 Å². The second-order valence-electron chi connectivity index (χ2n) is 5.74. The largest absolute Gasteiger partial charge is 0.338 e. The van der Waals surface area contributed by atoms with Gasteiger partial charge in [0, 0.05) is 17.0 Å². The van der Waals surface area contributed by atoms with Crippen molar-refractivity contribution in [3.63, 3.8) is 0 Å². The Morgan fingerprint density at radius 2 is 2.37 bits per heavy atom. The summed E-state index contributed by atoms with van der Waals surface area (Å²) in [6.07, 6.45) is 4.17. The Kier molecular flexibility index (Phi) is 4.63. The first-order valence-corrected chi connectivity index (χ1v) is 8.02. The molecule has 1 amide bonds. The van der Waals surface area contributed by atoms with Crippen LogP contribution in [0.2, 0.25) is 0 Å². The Hall–Kier alpha value is -0.870. The molecule has 2 N–H and O–H groups in total. The fourth-order valence-electron chi connectivity index (χ4n) is 2.92. The van der Waals surface area contributed by atoms with Crippen LogP contribution in [0.25, 0.3) is 0 Å². The maximum absolute atomic E-state index is 12.7. The van der Waals surface area contributed by atoms with Crippen molar-refractivity contribution in [2.75, 3.05) is 6.54 Å². The number of carbonyl (C=O) groups is 1. The van der Waals surface area contributed by atoms with Gasteiger partial charge in [-0.2, -0.15) is 0 Å². The van der Waals surface area contributed by atoms with E-state index in [1.165, 1.54) is 4.88 Å². The number of carbonyl (C=O) groups excluding carboxylic acids is 1. The van der Waals surface area contributed by atoms with Crippen LogP contribution in [0.4, 0.5) is 0 Å². The first-order chi connectivity index (χ1) is 9.04. The molecule has 106 valence electrons. The van der Waals surface area contributed by atoms with E-state index in [-0.39, 0.29) is 17.4 Å². The van der Waals surface area contributed by atoms with Crippen LogP contribution in [0.3, 0.4) is 0 Å². The molecular formula is C15H24N2OS. The highest BCUT2D eigenvalue weighted by atomic mass is 32.1. The van der Waals surface area contributed by atoms with Crippen molar-refractivity contribution in [3.8, 4) is 0 Å². The van der Waals surface area contributed by atoms with Crippen molar-refractivity contribution in [2.45, 2.75) is 51.6 Å². The minimum atomic E-state index is -0.335. The van der Waals surface area contributed by atoms with Gasteiger partial charge in [-0.25, -0.2) is 0 Å². The van der Waals surface area contributed by atoms with Crippen LogP contribution in [-0.4, -0.2) is 22.9 Å². The third-order valence-electron chi connectivity index (χ3n) is 4.17. The van der Waals surface area contributed by atoms with E-state index in [0.717, 1.165) is 38.8 Å². The summed E-state index contributed by atoms with van der Waals surface area (Å²) in [5, 5.41) is 2.06. The monoisotopic (exact) mass is 280 g/mol. The van der Waals surface area contributed by atoms with Crippen molar-refractivity contribution in [3.05, 3.63) is 22.4 Å². The van der Waals surface area contributed by atoms with Crippen molar-refractivity contribution >= 4 is 17.2 Å². The van der Waals surface area contributed by atoms with E-state index in [4.69, 9.17) is 5.73 Å². The van der Waals surface area contributed by atoms with Crippen molar-refractivity contribution < 1.29 is 4.79 Å². The topological polar surface area (TPSA) is 46.3 Å². The van der Waals surface area contributed by atoms with Gasteiger partial charge in [0.25, 0.3) is 0 Å². The lowest BCUT2D eigenvalue weighted by atomic mass is 9.74. The molecule has 2 rings (SSSR count). The van der Waals surface area contributed by atoms with Gasteiger partial charge in [-0.05, 0) is 38.1 Å². The Balaban J connectivity index is 2.07. The van der Waals surface area contributed by atoms with E-state index in [2.05, 4.69) is 11.4 Å². The number of nitrogens with zero attached hydrogens (tertiary/aromatic N) is 1. The first kappa shape index (κ1) is 14.5. The van der Waals surface area contributed by atoms with Gasteiger partial charge in [0.2, 0.25) is 5.91 Å². The number of nitrogens with two attached hydrogens (primary N) is 1. The molecule has 19 heavy (non-hydrogen) atoms. The Morgan fingerprint density at radius 3 is 2.95 bits per heavy atom. The molecule has 1 aliphatic rings. The number of amides is 1. The van der Waals surface area contributed by atoms with Crippen LogP contribution < -0.4 is 5.73 Å². The molecule has 3 nitrogen and oxygen atoms in total. The average Bonchev–Trinajstić information content (AvgIpc) is 2.87. The third-order valence-corrected chi connectivity index (χ3v) is 5.03. The Morgan fingerprint density at radius 1 is 1.58 bits per heavy atom. The molecule has 1 aromatic heterocycles. The molecule has 0 radical (unpaired) electrons. The normalized spacial score (nSPS) is 27.2. The zero-order valence-corrected chi connectivity index (χ0v) is 12.7. The Labute approximate surface area is 119 Å². The van der Waals surface area contributed by atoms with Gasteiger partial charge in [-0.1, -0.05) is 18.9 Å². The maximum Gasteiger partial charge on any atom is 0.227 e. The summed E-state index contributed by atoms with van der Waals surface area (Å²) in [5.74, 6) is 0.224. The lowest BCUT2D eigenvalue weighted by Gasteiger charge is -2.39. The van der Waals surface area contributed by atoms with E-state index in [0.29, 0.717) is 0 Å². The fourth-order valence-corrected chi connectivity index (χ4v) is 3.64. The first-order valence-electron chi connectivity index (χ1n) is 7.14. The summed E-state index contributed by atoms with van der Waals surface area (Å²) in [6, 6.07) is 4.12. The molecule has 1 fully saturated rings. The zero-order valence-electron chi connectivity index (χ0n) is 11.9. The minimum absolute atomic E-state index is 0.0128. The number of hydrogen-bond donors (Lipinski definition) is 1. The van der Waals surface area contributed by atoms with Gasteiger partial charge in [0.15, 0.2) is 0 Å². The summed E-state index contributed by atoms with van der Waals surface area (Å²) in [7, 11) is 0. The van der Waals surface area contributed by atoms with Crippen LogP contribution in [0, 0.1) is 5.92 Å². The van der Waals surface area contributed by atoms with E-state index in [9.17, 15) is 4.79 Å². The van der Waals surface area contributed by atoms with Gasteiger partial charge in [0.05, 0.1) is 12.5 Å². The average molecular weight is 280 g/mol. The van der Waals surface area contributed by atoms with Crippen molar-refractivity contribution in [1.82, 2.24) is 4.90 Å². The molecule has 1 aliphatic carbocycles. The molecule has 1 saturated carbocycles. The van der Waals surface area contributed by atoms with E-state index in [1.54, 1.807) is 11.3 Å². The SMILES string of the molecule is CCN(Cc1cccs1)C(=O)C1CCCCC1(C)N. The lowest BCUT2D eigenvalue weighted by molar-refractivity contribution is -0.139. The minimum Gasteiger partial charge on any atom is -0.338 e. The summed E-state index contributed by atoms with van der Waals surface area (Å²) < 4.78 is 0. The zero-order chi connectivity index (χ0) is 13.9. The highest BCUT2D eigenvalue weighted by Crippen LogP contribution is 2.33. The highest BCUT2D eigenvalue weighted by molar-refractivity contribution is 7.09. The lowest BCUT2D eigenvalue weighted by Crippen LogP contribution is -2.53.